The van der Waals surface area contributed by atoms with E-state index < -0.39 is 0 Å². The van der Waals surface area contributed by atoms with E-state index in [9.17, 15) is 4.79 Å². The fourth-order valence-electron chi connectivity index (χ4n) is 2.03. The molecule has 0 saturated carbocycles. The molecular weight excluding hydrogens is 248 g/mol. The third kappa shape index (κ3) is 3.16. The van der Waals surface area contributed by atoms with E-state index in [0.717, 1.165) is 11.6 Å². The van der Waals surface area contributed by atoms with E-state index in [4.69, 9.17) is 4.74 Å². The van der Waals surface area contributed by atoms with Crippen LogP contribution in [0, 0.1) is 6.92 Å². The van der Waals surface area contributed by atoms with Gasteiger partial charge >= 0.3 is 5.97 Å². The Morgan fingerprint density at radius 1 is 1.56 bits per heavy atom. The molecule has 1 fully saturated rings. The minimum absolute atomic E-state index is 0.334. The first-order chi connectivity index (χ1) is 8.70. The topological polar surface area (TPSA) is 51.2 Å². The summed E-state index contributed by atoms with van der Waals surface area (Å²) in [4.78, 5) is 15.9. The van der Waals surface area contributed by atoms with Crippen molar-refractivity contribution >= 4 is 23.5 Å². The summed E-state index contributed by atoms with van der Waals surface area (Å²) in [5.74, 6) is 2.89. The predicted molar refractivity (Wildman–Crippen MR) is 74.3 cm³/mol. The molecule has 2 rings (SSSR count). The number of anilines is 1. The number of methoxy groups -OCH3 is 1. The van der Waals surface area contributed by atoms with Gasteiger partial charge in [0.1, 0.15) is 5.82 Å². The van der Waals surface area contributed by atoms with Crippen molar-refractivity contribution < 1.29 is 9.53 Å². The van der Waals surface area contributed by atoms with Crippen molar-refractivity contribution in [2.75, 3.05) is 23.9 Å². The second kappa shape index (κ2) is 6.09. The summed E-state index contributed by atoms with van der Waals surface area (Å²) in [6, 6.07) is 4.10. The molecule has 0 aliphatic carbocycles. The van der Waals surface area contributed by atoms with E-state index in [0.29, 0.717) is 17.3 Å². The summed E-state index contributed by atoms with van der Waals surface area (Å²) in [6.45, 7) is 1.83. The fourth-order valence-corrected chi connectivity index (χ4v) is 3.10. The third-order valence-corrected chi connectivity index (χ3v) is 4.22. The highest BCUT2D eigenvalue weighted by Gasteiger charge is 2.15. The second-order valence-electron chi connectivity index (χ2n) is 4.38. The van der Waals surface area contributed by atoms with E-state index in [2.05, 4.69) is 10.3 Å². The Bertz CT molecular complexity index is 431. The van der Waals surface area contributed by atoms with Gasteiger partial charge in [-0.2, -0.15) is 11.8 Å². The molecule has 1 atom stereocenters. The number of pyridine rings is 1. The van der Waals surface area contributed by atoms with Gasteiger partial charge in [0, 0.05) is 11.8 Å². The van der Waals surface area contributed by atoms with Crippen LogP contribution in [0.4, 0.5) is 5.82 Å². The number of ether oxygens (including phenoxy) is 1. The Labute approximate surface area is 112 Å². The molecule has 1 aliphatic rings. The van der Waals surface area contributed by atoms with Gasteiger partial charge in [-0.3, -0.25) is 0 Å². The van der Waals surface area contributed by atoms with Crippen molar-refractivity contribution in [3.05, 3.63) is 23.4 Å². The average molecular weight is 266 g/mol. The summed E-state index contributed by atoms with van der Waals surface area (Å²) in [5.41, 5.74) is 1.23. The number of hydrogen-bond donors (Lipinski definition) is 1. The van der Waals surface area contributed by atoms with E-state index >= 15 is 0 Å². The summed E-state index contributed by atoms with van der Waals surface area (Å²) < 4.78 is 4.70. The van der Waals surface area contributed by atoms with Crippen molar-refractivity contribution in [2.45, 2.75) is 25.8 Å². The van der Waals surface area contributed by atoms with Gasteiger partial charge in [-0.05, 0) is 37.7 Å². The van der Waals surface area contributed by atoms with E-state index in [-0.39, 0.29) is 5.97 Å². The number of carbonyl (C=O) groups excluding carboxylic acids is 1. The highest BCUT2D eigenvalue weighted by Crippen LogP contribution is 2.20. The lowest BCUT2D eigenvalue weighted by Crippen LogP contribution is -2.26. The number of aryl methyl sites for hydroxylation is 1. The van der Waals surface area contributed by atoms with Gasteiger partial charge in [-0.25, -0.2) is 9.78 Å². The minimum Gasteiger partial charge on any atom is -0.465 e. The Morgan fingerprint density at radius 3 is 3.00 bits per heavy atom. The maximum Gasteiger partial charge on any atom is 0.339 e. The Balaban J connectivity index is 2.06. The molecule has 1 unspecified atom stereocenters. The lowest BCUT2D eigenvalue weighted by Gasteiger charge is -2.23. The van der Waals surface area contributed by atoms with Crippen LogP contribution in [-0.4, -0.2) is 35.6 Å². The summed E-state index contributed by atoms with van der Waals surface area (Å²) in [6.07, 6.45) is 2.44. The number of rotatable bonds is 3. The zero-order chi connectivity index (χ0) is 13.0. The third-order valence-electron chi connectivity index (χ3n) is 3.00. The van der Waals surface area contributed by atoms with Crippen LogP contribution in [0.15, 0.2) is 12.1 Å². The highest BCUT2D eigenvalue weighted by molar-refractivity contribution is 7.99. The van der Waals surface area contributed by atoms with Crippen LogP contribution in [0.2, 0.25) is 0 Å². The van der Waals surface area contributed by atoms with Crippen LogP contribution < -0.4 is 5.32 Å². The molecule has 0 radical (unpaired) electrons. The molecule has 2 heterocycles. The van der Waals surface area contributed by atoms with Gasteiger partial charge in [-0.1, -0.05) is 0 Å². The number of hydrogen-bond acceptors (Lipinski definition) is 5. The molecule has 1 aliphatic heterocycles. The Morgan fingerprint density at radius 2 is 2.39 bits per heavy atom. The van der Waals surface area contributed by atoms with Crippen molar-refractivity contribution in [1.82, 2.24) is 4.98 Å². The van der Waals surface area contributed by atoms with Gasteiger partial charge in [-0.15, -0.1) is 0 Å². The maximum absolute atomic E-state index is 11.4. The number of esters is 1. The lowest BCUT2D eigenvalue weighted by molar-refractivity contribution is 0.0599. The molecule has 0 amide bonds. The van der Waals surface area contributed by atoms with Crippen LogP contribution >= 0.6 is 11.8 Å². The molecule has 98 valence electrons. The van der Waals surface area contributed by atoms with Crippen LogP contribution in [0.5, 0.6) is 0 Å². The number of carbonyl (C=O) groups is 1. The van der Waals surface area contributed by atoms with Gasteiger partial charge < -0.3 is 10.1 Å². The van der Waals surface area contributed by atoms with Crippen LogP contribution in [0.3, 0.4) is 0 Å². The highest BCUT2D eigenvalue weighted by atomic mass is 32.2. The molecule has 0 spiro atoms. The molecule has 1 aromatic rings. The second-order valence-corrected chi connectivity index (χ2v) is 5.53. The van der Waals surface area contributed by atoms with E-state index in [1.165, 1.54) is 25.7 Å². The number of aromatic nitrogens is 1. The predicted octanol–water partition coefficient (Wildman–Crippen LogP) is 2.48. The van der Waals surface area contributed by atoms with E-state index in [1.807, 2.05) is 24.8 Å². The fraction of sp³-hybridized carbons (Fsp3) is 0.538. The summed E-state index contributed by atoms with van der Waals surface area (Å²) in [5, 5.41) is 3.42. The largest absolute Gasteiger partial charge is 0.465 e. The molecule has 5 heteroatoms. The molecule has 0 aromatic carbocycles. The molecule has 0 bridgehead atoms. The van der Waals surface area contributed by atoms with Gasteiger partial charge in [0.2, 0.25) is 0 Å². The van der Waals surface area contributed by atoms with Crippen molar-refractivity contribution in [3.8, 4) is 0 Å². The van der Waals surface area contributed by atoms with Crippen LogP contribution in [0.1, 0.15) is 28.9 Å². The summed E-state index contributed by atoms with van der Waals surface area (Å²) in [7, 11) is 1.38. The standard InChI is InChI=1S/C13H18N2O2S/c1-9-11(13(16)17-2)5-6-12(14-9)15-10-4-3-7-18-8-10/h5-6,10H,3-4,7-8H2,1-2H3,(H,14,15). The molecular formula is C13H18N2O2S. The Hall–Kier alpha value is -1.23. The molecule has 1 aromatic heterocycles. The van der Waals surface area contributed by atoms with Crippen LogP contribution in [-0.2, 0) is 4.74 Å². The van der Waals surface area contributed by atoms with Crippen molar-refractivity contribution in [2.24, 2.45) is 0 Å². The quantitative estimate of drug-likeness (QED) is 0.852. The number of thioether (sulfide) groups is 1. The van der Waals surface area contributed by atoms with E-state index in [1.54, 1.807) is 6.07 Å². The first-order valence-corrected chi connectivity index (χ1v) is 7.26. The van der Waals surface area contributed by atoms with Gasteiger partial charge in [0.25, 0.3) is 0 Å². The molecule has 1 N–H and O–H groups in total. The van der Waals surface area contributed by atoms with Crippen molar-refractivity contribution in [1.29, 1.82) is 0 Å². The normalized spacial score (nSPS) is 19.3. The lowest BCUT2D eigenvalue weighted by atomic mass is 10.1. The monoisotopic (exact) mass is 266 g/mol. The smallest absolute Gasteiger partial charge is 0.339 e. The summed E-state index contributed by atoms with van der Waals surface area (Å²) >= 11 is 1.97. The van der Waals surface area contributed by atoms with Crippen LogP contribution in [0.25, 0.3) is 0 Å². The molecule has 4 nitrogen and oxygen atoms in total. The van der Waals surface area contributed by atoms with Gasteiger partial charge in [0.15, 0.2) is 0 Å². The SMILES string of the molecule is COC(=O)c1ccc(NC2CCCSC2)nc1C. The van der Waals surface area contributed by atoms with Gasteiger partial charge in [0.05, 0.1) is 18.4 Å². The first-order valence-electron chi connectivity index (χ1n) is 6.11. The zero-order valence-corrected chi connectivity index (χ0v) is 11.5. The minimum atomic E-state index is -0.334. The molecule has 1 saturated heterocycles. The zero-order valence-electron chi connectivity index (χ0n) is 10.7. The maximum atomic E-state index is 11.4. The number of nitrogens with zero attached hydrogens (tertiary/aromatic N) is 1. The van der Waals surface area contributed by atoms with Crippen molar-refractivity contribution in [3.63, 3.8) is 0 Å². The first kappa shape index (κ1) is 13.2. The Kier molecular flexibility index (Phi) is 4.47. The molecule has 18 heavy (non-hydrogen) atoms. The average Bonchev–Trinajstić information content (AvgIpc) is 2.39. The number of nitrogens with one attached hydrogen (secondary N) is 1.